The van der Waals surface area contributed by atoms with E-state index >= 15 is 0 Å². The molecule has 6 heteroatoms. The number of aromatic nitrogens is 3. The molecule has 30 heavy (non-hydrogen) atoms. The largest absolute Gasteiger partial charge is 0.350 e. The number of carbonyl (C=O) groups is 1. The number of nitrogens with zero attached hydrogens (tertiary/aromatic N) is 4. The fourth-order valence-corrected chi connectivity index (χ4v) is 3.82. The molecule has 1 aromatic carbocycles. The highest BCUT2D eigenvalue weighted by atomic mass is 16.1. The molecule has 158 valence electrons. The molecule has 2 aromatic heterocycles. The summed E-state index contributed by atoms with van der Waals surface area (Å²) in [5.74, 6) is 0.427. The summed E-state index contributed by atoms with van der Waals surface area (Å²) in [5.41, 5.74) is 3.79. The van der Waals surface area contributed by atoms with Gasteiger partial charge in [0.1, 0.15) is 0 Å². The van der Waals surface area contributed by atoms with Crippen LogP contribution in [0.4, 0.5) is 0 Å². The zero-order chi connectivity index (χ0) is 21.3. The van der Waals surface area contributed by atoms with E-state index < -0.39 is 0 Å². The Labute approximate surface area is 178 Å². The van der Waals surface area contributed by atoms with Gasteiger partial charge in [0.15, 0.2) is 5.65 Å². The average molecular weight is 406 g/mol. The van der Waals surface area contributed by atoms with Crippen LogP contribution in [0.1, 0.15) is 60.3 Å². The summed E-state index contributed by atoms with van der Waals surface area (Å²) < 4.78 is 1.91. The lowest BCUT2D eigenvalue weighted by atomic mass is 10.0. The summed E-state index contributed by atoms with van der Waals surface area (Å²) in [6.07, 6.45) is 4.96. The van der Waals surface area contributed by atoms with Crippen LogP contribution in [0.5, 0.6) is 0 Å². The maximum absolute atomic E-state index is 13.2. The lowest BCUT2D eigenvalue weighted by Crippen LogP contribution is -2.41. The van der Waals surface area contributed by atoms with E-state index in [0.717, 1.165) is 36.0 Å². The van der Waals surface area contributed by atoms with Crippen LogP contribution in [-0.2, 0) is 6.42 Å². The minimum absolute atomic E-state index is 0.0486. The topological polar surface area (TPSA) is 63.1 Å². The van der Waals surface area contributed by atoms with Crippen molar-refractivity contribution in [2.24, 2.45) is 0 Å². The van der Waals surface area contributed by atoms with Crippen LogP contribution in [0.2, 0.25) is 0 Å². The molecule has 1 saturated carbocycles. The molecular weight excluding hydrogens is 374 g/mol. The number of rotatable bonds is 8. The van der Waals surface area contributed by atoms with Gasteiger partial charge >= 0.3 is 0 Å². The Morgan fingerprint density at radius 3 is 2.60 bits per heavy atom. The SMILES string of the molecule is CC(C)n1ncc2c(C(=O)NCC(Cc3ccccc3)N(C)C)cc(C3CC3)nc21. The molecule has 0 bridgehead atoms. The fraction of sp³-hybridized carbons (Fsp3) is 0.458. The van der Waals surface area contributed by atoms with Gasteiger partial charge in [0.05, 0.1) is 17.1 Å². The summed E-state index contributed by atoms with van der Waals surface area (Å²) >= 11 is 0. The van der Waals surface area contributed by atoms with Crippen LogP contribution in [0.3, 0.4) is 0 Å². The number of benzene rings is 1. The average Bonchev–Trinajstić information content (AvgIpc) is 3.49. The first kappa shape index (κ1) is 20.5. The lowest BCUT2D eigenvalue weighted by molar-refractivity contribution is 0.0943. The Bertz CT molecular complexity index is 1020. The van der Waals surface area contributed by atoms with Crippen molar-refractivity contribution in [1.29, 1.82) is 0 Å². The minimum Gasteiger partial charge on any atom is -0.350 e. The van der Waals surface area contributed by atoms with Crippen molar-refractivity contribution in [1.82, 2.24) is 25.0 Å². The van der Waals surface area contributed by atoms with Crippen molar-refractivity contribution < 1.29 is 4.79 Å². The number of amides is 1. The van der Waals surface area contributed by atoms with Gasteiger partial charge in [-0.1, -0.05) is 30.3 Å². The molecule has 0 radical (unpaired) electrons. The van der Waals surface area contributed by atoms with E-state index in [1.54, 1.807) is 6.20 Å². The summed E-state index contributed by atoms with van der Waals surface area (Å²) in [7, 11) is 4.12. The van der Waals surface area contributed by atoms with Crippen molar-refractivity contribution in [2.75, 3.05) is 20.6 Å². The normalized spacial score (nSPS) is 15.1. The first-order valence-electron chi connectivity index (χ1n) is 10.8. The standard InChI is InChI=1S/C24H31N5O/c1-16(2)29-23-21(15-26-29)20(13-22(27-23)18-10-11-18)24(30)25-14-19(28(3)4)12-17-8-6-5-7-9-17/h5-9,13,15-16,18-19H,10-12,14H2,1-4H3,(H,25,30). The second-order valence-corrected chi connectivity index (χ2v) is 8.81. The number of likely N-dealkylation sites (N-methyl/N-ethyl adjacent to an activating group) is 1. The van der Waals surface area contributed by atoms with Crippen LogP contribution in [-0.4, -0.2) is 52.3 Å². The highest BCUT2D eigenvalue weighted by molar-refractivity contribution is 6.05. The maximum Gasteiger partial charge on any atom is 0.252 e. The van der Waals surface area contributed by atoms with Crippen LogP contribution in [0.15, 0.2) is 42.6 Å². The zero-order valence-electron chi connectivity index (χ0n) is 18.3. The van der Waals surface area contributed by atoms with E-state index in [1.807, 2.05) is 16.8 Å². The van der Waals surface area contributed by atoms with Gasteiger partial charge in [0.25, 0.3) is 5.91 Å². The molecular formula is C24H31N5O. The highest BCUT2D eigenvalue weighted by Crippen LogP contribution is 2.40. The van der Waals surface area contributed by atoms with Crippen LogP contribution in [0, 0.1) is 0 Å². The summed E-state index contributed by atoms with van der Waals surface area (Å²) in [6.45, 7) is 4.76. The van der Waals surface area contributed by atoms with Crippen LogP contribution < -0.4 is 5.32 Å². The van der Waals surface area contributed by atoms with E-state index in [4.69, 9.17) is 4.98 Å². The summed E-state index contributed by atoms with van der Waals surface area (Å²) in [5, 5.41) is 8.51. The number of hydrogen-bond donors (Lipinski definition) is 1. The Kier molecular flexibility index (Phi) is 5.86. The van der Waals surface area contributed by atoms with E-state index in [9.17, 15) is 4.79 Å². The summed E-state index contributed by atoms with van der Waals surface area (Å²) in [4.78, 5) is 20.2. The van der Waals surface area contributed by atoms with Gasteiger partial charge in [0.2, 0.25) is 0 Å². The predicted octanol–water partition coefficient (Wildman–Crippen LogP) is 3.79. The van der Waals surface area contributed by atoms with Gasteiger partial charge in [-0.3, -0.25) is 4.79 Å². The van der Waals surface area contributed by atoms with Gasteiger partial charge in [0, 0.05) is 30.2 Å². The molecule has 1 fully saturated rings. The van der Waals surface area contributed by atoms with E-state index in [-0.39, 0.29) is 18.0 Å². The van der Waals surface area contributed by atoms with Gasteiger partial charge < -0.3 is 10.2 Å². The zero-order valence-corrected chi connectivity index (χ0v) is 18.3. The molecule has 1 unspecified atom stereocenters. The minimum atomic E-state index is -0.0486. The van der Waals surface area contributed by atoms with E-state index in [2.05, 4.69) is 67.5 Å². The van der Waals surface area contributed by atoms with Gasteiger partial charge in [-0.25, -0.2) is 9.67 Å². The smallest absolute Gasteiger partial charge is 0.252 e. The van der Waals surface area contributed by atoms with Crippen molar-refractivity contribution in [3.05, 3.63) is 59.4 Å². The summed E-state index contributed by atoms with van der Waals surface area (Å²) in [6, 6.07) is 12.8. The van der Waals surface area contributed by atoms with Gasteiger partial charge in [-0.2, -0.15) is 5.10 Å². The molecule has 1 N–H and O–H groups in total. The van der Waals surface area contributed by atoms with Crippen molar-refractivity contribution in [3.63, 3.8) is 0 Å². The number of fused-ring (bicyclic) bond motifs is 1. The molecule has 1 aliphatic carbocycles. The first-order chi connectivity index (χ1) is 14.4. The Balaban J connectivity index is 1.56. The molecule has 0 saturated heterocycles. The van der Waals surface area contributed by atoms with Crippen molar-refractivity contribution in [3.8, 4) is 0 Å². The Morgan fingerprint density at radius 1 is 1.23 bits per heavy atom. The lowest BCUT2D eigenvalue weighted by Gasteiger charge is -2.25. The third kappa shape index (κ3) is 4.38. The molecule has 0 spiro atoms. The molecule has 4 rings (SSSR count). The maximum atomic E-state index is 13.2. The Morgan fingerprint density at radius 2 is 1.97 bits per heavy atom. The number of nitrogens with one attached hydrogen (secondary N) is 1. The quantitative estimate of drug-likeness (QED) is 0.619. The molecule has 2 heterocycles. The molecule has 1 amide bonds. The van der Waals surface area contributed by atoms with E-state index in [1.165, 1.54) is 5.56 Å². The monoisotopic (exact) mass is 405 g/mol. The van der Waals surface area contributed by atoms with Crippen LogP contribution in [0.25, 0.3) is 11.0 Å². The molecule has 0 aliphatic heterocycles. The second-order valence-electron chi connectivity index (χ2n) is 8.81. The molecule has 6 nitrogen and oxygen atoms in total. The van der Waals surface area contributed by atoms with Crippen molar-refractivity contribution in [2.45, 2.75) is 51.1 Å². The highest BCUT2D eigenvalue weighted by Gasteiger charge is 2.28. The molecule has 3 aromatic rings. The van der Waals surface area contributed by atoms with Crippen molar-refractivity contribution >= 4 is 16.9 Å². The van der Waals surface area contributed by atoms with Crippen LogP contribution >= 0.6 is 0 Å². The van der Waals surface area contributed by atoms with E-state index in [0.29, 0.717) is 18.0 Å². The second kappa shape index (κ2) is 8.56. The number of pyridine rings is 1. The van der Waals surface area contributed by atoms with Gasteiger partial charge in [-0.15, -0.1) is 0 Å². The molecule has 1 atom stereocenters. The van der Waals surface area contributed by atoms with Gasteiger partial charge in [-0.05, 0) is 58.8 Å². The number of hydrogen-bond acceptors (Lipinski definition) is 4. The number of carbonyl (C=O) groups excluding carboxylic acids is 1. The fourth-order valence-electron chi connectivity index (χ4n) is 3.82. The third-order valence-corrected chi connectivity index (χ3v) is 5.86. The predicted molar refractivity (Wildman–Crippen MR) is 120 cm³/mol. The first-order valence-corrected chi connectivity index (χ1v) is 10.8. The third-order valence-electron chi connectivity index (χ3n) is 5.86. The Hall–Kier alpha value is -2.73. The molecule has 1 aliphatic rings.